The molecule has 3 aromatic rings. The molecule has 2 aromatic carbocycles. The van der Waals surface area contributed by atoms with E-state index in [0.717, 1.165) is 47.0 Å². The fourth-order valence-electron chi connectivity index (χ4n) is 4.39. The zero-order valence-electron chi connectivity index (χ0n) is 17.5. The summed E-state index contributed by atoms with van der Waals surface area (Å²) < 4.78 is 7.55. The number of fused-ring (bicyclic) bond motifs is 1. The smallest absolute Gasteiger partial charge is 0.335 e. The number of likely N-dealkylation sites (tertiary alicyclic amines) is 1. The van der Waals surface area contributed by atoms with Crippen LogP contribution in [-0.4, -0.2) is 47.2 Å². The molecule has 1 saturated heterocycles. The van der Waals surface area contributed by atoms with Gasteiger partial charge in [0.05, 0.1) is 12.7 Å². The molecule has 2 heterocycles. The molecule has 1 aliphatic rings. The average molecular weight is 406 g/mol. The Bertz CT molecular complexity index is 1130. The third kappa shape index (κ3) is 3.65. The standard InChI is InChI=1S/C24H26N2O4/c1-25-9-8-17(23(25)27)10-15-4-7-21-20(11-15)19(14-26(21)2)12-16-5-6-18(24(28)29)13-22(16)30-3/h4-7,11,13-14,17H,8-10,12H2,1-3H3,(H,28,29). The van der Waals surface area contributed by atoms with Crippen molar-refractivity contribution in [3.8, 4) is 5.75 Å². The average Bonchev–Trinajstić information content (AvgIpc) is 3.21. The lowest BCUT2D eigenvalue weighted by Crippen LogP contribution is -2.23. The number of carboxylic acid groups (broad SMARTS) is 1. The summed E-state index contributed by atoms with van der Waals surface area (Å²) in [6, 6.07) is 11.4. The van der Waals surface area contributed by atoms with Gasteiger partial charge in [0.1, 0.15) is 5.75 Å². The molecule has 1 unspecified atom stereocenters. The normalized spacial score (nSPS) is 16.4. The first-order chi connectivity index (χ1) is 14.4. The Morgan fingerprint density at radius 1 is 1.17 bits per heavy atom. The lowest BCUT2D eigenvalue weighted by molar-refractivity contribution is -0.129. The van der Waals surface area contributed by atoms with Crippen LogP contribution in [0.2, 0.25) is 0 Å². The zero-order chi connectivity index (χ0) is 21.4. The quantitative estimate of drug-likeness (QED) is 0.680. The number of rotatable bonds is 6. The molecule has 6 nitrogen and oxygen atoms in total. The highest BCUT2D eigenvalue weighted by Gasteiger charge is 2.29. The predicted molar refractivity (Wildman–Crippen MR) is 115 cm³/mol. The second-order valence-corrected chi connectivity index (χ2v) is 8.07. The number of benzene rings is 2. The van der Waals surface area contributed by atoms with E-state index in [0.29, 0.717) is 12.2 Å². The Kier molecular flexibility index (Phi) is 5.24. The minimum absolute atomic E-state index is 0.0586. The van der Waals surface area contributed by atoms with Crippen LogP contribution in [-0.2, 0) is 24.7 Å². The maximum absolute atomic E-state index is 12.3. The Morgan fingerprint density at radius 2 is 1.97 bits per heavy atom. The molecule has 0 radical (unpaired) electrons. The summed E-state index contributed by atoms with van der Waals surface area (Å²) in [7, 11) is 5.44. The zero-order valence-corrected chi connectivity index (χ0v) is 17.5. The second-order valence-electron chi connectivity index (χ2n) is 8.07. The Labute approximate surface area is 175 Å². The summed E-state index contributed by atoms with van der Waals surface area (Å²) >= 11 is 0. The number of carbonyl (C=O) groups excluding carboxylic acids is 1. The van der Waals surface area contributed by atoms with Crippen LogP contribution in [0.15, 0.2) is 42.6 Å². The van der Waals surface area contributed by atoms with Gasteiger partial charge in [0, 0.05) is 50.1 Å². The highest BCUT2D eigenvalue weighted by Crippen LogP contribution is 2.30. The van der Waals surface area contributed by atoms with E-state index in [9.17, 15) is 14.7 Å². The summed E-state index contributed by atoms with van der Waals surface area (Å²) in [5.74, 6) is -0.112. The van der Waals surface area contributed by atoms with Crippen molar-refractivity contribution in [1.82, 2.24) is 9.47 Å². The number of methoxy groups -OCH3 is 1. The number of amides is 1. The number of aromatic carboxylic acids is 1. The van der Waals surface area contributed by atoms with Crippen molar-refractivity contribution in [2.75, 3.05) is 20.7 Å². The van der Waals surface area contributed by atoms with Gasteiger partial charge >= 0.3 is 5.97 Å². The van der Waals surface area contributed by atoms with Gasteiger partial charge in [0.15, 0.2) is 0 Å². The third-order valence-corrected chi connectivity index (χ3v) is 6.07. The van der Waals surface area contributed by atoms with Crippen molar-refractivity contribution in [3.05, 3.63) is 64.8 Å². The van der Waals surface area contributed by atoms with Crippen molar-refractivity contribution in [1.29, 1.82) is 0 Å². The first-order valence-electron chi connectivity index (χ1n) is 10.1. The van der Waals surface area contributed by atoms with Gasteiger partial charge in [0.2, 0.25) is 5.91 Å². The van der Waals surface area contributed by atoms with Gasteiger partial charge in [-0.2, -0.15) is 0 Å². The summed E-state index contributed by atoms with van der Waals surface area (Å²) in [5, 5.41) is 10.4. The molecule has 0 saturated carbocycles. The number of ether oxygens (including phenoxy) is 1. The fraction of sp³-hybridized carbons (Fsp3) is 0.333. The highest BCUT2D eigenvalue weighted by molar-refractivity contribution is 5.89. The lowest BCUT2D eigenvalue weighted by atomic mass is 9.95. The minimum atomic E-state index is -0.971. The van der Waals surface area contributed by atoms with E-state index >= 15 is 0 Å². The molecule has 1 N–H and O–H groups in total. The highest BCUT2D eigenvalue weighted by atomic mass is 16.5. The van der Waals surface area contributed by atoms with Gasteiger partial charge in [-0.25, -0.2) is 4.79 Å². The lowest BCUT2D eigenvalue weighted by Gasteiger charge is -2.11. The van der Waals surface area contributed by atoms with Gasteiger partial charge in [-0.15, -0.1) is 0 Å². The molecule has 1 aromatic heterocycles. The van der Waals surface area contributed by atoms with Gasteiger partial charge in [0.25, 0.3) is 0 Å². The molecular formula is C24H26N2O4. The van der Waals surface area contributed by atoms with Gasteiger partial charge < -0.3 is 19.3 Å². The van der Waals surface area contributed by atoms with Crippen LogP contribution in [0.5, 0.6) is 5.75 Å². The number of carboxylic acids is 1. The van der Waals surface area contributed by atoms with Crippen LogP contribution in [0, 0.1) is 5.92 Å². The predicted octanol–water partition coefficient (Wildman–Crippen LogP) is 3.50. The van der Waals surface area contributed by atoms with Crippen LogP contribution < -0.4 is 4.74 Å². The van der Waals surface area contributed by atoms with E-state index in [2.05, 4.69) is 29.0 Å². The van der Waals surface area contributed by atoms with E-state index in [4.69, 9.17) is 4.74 Å². The summed E-state index contributed by atoms with van der Waals surface area (Å²) in [4.78, 5) is 25.4. The second kappa shape index (κ2) is 7.86. The van der Waals surface area contributed by atoms with Crippen molar-refractivity contribution in [2.24, 2.45) is 13.0 Å². The van der Waals surface area contributed by atoms with Gasteiger partial charge in [-0.1, -0.05) is 12.1 Å². The first kappa shape index (κ1) is 20.0. The van der Waals surface area contributed by atoms with Gasteiger partial charge in [-0.3, -0.25) is 4.79 Å². The number of hydrogen-bond acceptors (Lipinski definition) is 3. The largest absolute Gasteiger partial charge is 0.496 e. The van der Waals surface area contributed by atoms with Crippen LogP contribution in [0.1, 0.15) is 33.5 Å². The third-order valence-electron chi connectivity index (χ3n) is 6.07. The number of carbonyl (C=O) groups is 2. The first-order valence-corrected chi connectivity index (χ1v) is 10.1. The molecule has 0 spiro atoms. The van der Waals surface area contributed by atoms with Crippen molar-refractivity contribution in [3.63, 3.8) is 0 Å². The summed E-state index contributed by atoms with van der Waals surface area (Å²) in [6.45, 7) is 0.828. The topological polar surface area (TPSA) is 71.8 Å². The van der Waals surface area contributed by atoms with E-state index in [1.807, 2.05) is 25.1 Å². The minimum Gasteiger partial charge on any atom is -0.496 e. The maximum atomic E-state index is 12.3. The van der Waals surface area contributed by atoms with E-state index in [1.54, 1.807) is 19.2 Å². The number of hydrogen-bond donors (Lipinski definition) is 1. The molecular weight excluding hydrogens is 380 g/mol. The SMILES string of the molecule is COc1cc(C(=O)O)ccc1Cc1cn(C)c2ccc(CC3CCN(C)C3=O)cc12. The summed E-state index contributed by atoms with van der Waals surface area (Å²) in [6.07, 6.45) is 4.40. The van der Waals surface area contributed by atoms with E-state index in [1.165, 1.54) is 0 Å². The van der Waals surface area contributed by atoms with Crippen LogP contribution in [0.3, 0.4) is 0 Å². The number of aromatic nitrogens is 1. The summed E-state index contributed by atoms with van der Waals surface area (Å²) in [5.41, 5.74) is 4.59. The Morgan fingerprint density at radius 3 is 2.63 bits per heavy atom. The maximum Gasteiger partial charge on any atom is 0.335 e. The number of aryl methyl sites for hydroxylation is 1. The molecule has 156 valence electrons. The molecule has 30 heavy (non-hydrogen) atoms. The molecule has 0 bridgehead atoms. The number of nitrogens with zero attached hydrogens (tertiary/aromatic N) is 2. The van der Waals surface area contributed by atoms with E-state index < -0.39 is 5.97 Å². The molecule has 6 heteroatoms. The molecule has 4 rings (SSSR count). The van der Waals surface area contributed by atoms with Crippen molar-refractivity contribution >= 4 is 22.8 Å². The van der Waals surface area contributed by atoms with Crippen molar-refractivity contribution in [2.45, 2.75) is 19.3 Å². The van der Waals surface area contributed by atoms with Crippen LogP contribution in [0.25, 0.3) is 10.9 Å². The molecule has 1 atom stereocenters. The van der Waals surface area contributed by atoms with Crippen molar-refractivity contribution < 1.29 is 19.4 Å². The van der Waals surface area contributed by atoms with Gasteiger partial charge in [-0.05, 0) is 53.8 Å². The fourth-order valence-corrected chi connectivity index (χ4v) is 4.39. The Balaban J connectivity index is 1.66. The molecule has 0 aliphatic carbocycles. The molecule has 1 fully saturated rings. The van der Waals surface area contributed by atoms with E-state index in [-0.39, 0.29) is 17.4 Å². The Hall–Kier alpha value is -3.28. The van der Waals surface area contributed by atoms with Crippen LogP contribution in [0.4, 0.5) is 0 Å². The molecule has 1 amide bonds. The monoisotopic (exact) mass is 406 g/mol. The molecule has 1 aliphatic heterocycles. The van der Waals surface area contributed by atoms with Crippen LogP contribution >= 0.6 is 0 Å².